The number of hydrogen-bond acceptors (Lipinski definition) is 4. The number of imidazole rings is 1. The molecule has 162 valence electrons. The molecule has 0 atom stereocenters. The predicted octanol–water partition coefficient (Wildman–Crippen LogP) is 4.27. The number of ether oxygens (including phenoxy) is 2. The van der Waals surface area contributed by atoms with Gasteiger partial charge in [-0.25, -0.2) is 4.98 Å². The summed E-state index contributed by atoms with van der Waals surface area (Å²) in [5, 5.41) is 0. The van der Waals surface area contributed by atoms with Crippen molar-refractivity contribution in [1.82, 2.24) is 14.5 Å². The Bertz CT molecular complexity index is 961. The number of nitrogens with zero attached hydrogens (tertiary/aromatic N) is 3. The lowest BCUT2D eigenvalue weighted by atomic mass is 9.96. The van der Waals surface area contributed by atoms with Gasteiger partial charge in [-0.15, -0.1) is 0 Å². The summed E-state index contributed by atoms with van der Waals surface area (Å²) in [7, 11) is 0. The van der Waals surface area contributed by atoms with Gasteiger partial charge in [0.05, 0.1) is 6.61 Å². The average Bonchev–Trinajstić information content (AvgIpc) is 3.28. The van der Waals surface area contributed by atoms with E-state index in [-0.39, 0.29) is 12.5 Å². The van der Waals surface area contributed by atoms with E-state index in [1.54, 1.807) is 0 Å². The van der Waals surface area contributed by atoms with E-state index in [0.29, 0.717) is 18.3 Å². The molecule has 31 heavy (non-hydrogen) atoms. The average molecular weight is 420 g/mol. The van der Waals surface area contributed by atoms with Crippen LogP contribution in [0, 0.1) is 5.92 Å². The number of carbonyl (C=O) groups excluding carboxylic acids is 1. The molecule has 1 aliphatic rings. The molecule has 0 radical (unpaired) electrons. The quantitative estimate of drug-likeness (QED) is 0.547. The van der Waals surface area contributed by atoms with Crippen molar-refractivity contribution in [3.63, 3.8) is 0 Å². The van der Waals surface area contributed by atoms with Gasteiger partial charge in [0.2, 0.25) is 0 Å². The number of amides is 1. The maximum atomic E-state index is 12.6. The van der Waals surface area contributed by atoms with Gasteiger partial charge in [0, 0.05) is 37.6 Å². The Morgan fingerprint density at radius 3 is 2.35 bits per heavy atom. The van der Waals surface area contributed by atoms with Crippen molar-refractivity contribution >= 4 is 5.91 Å². The van der Waals surface area contributed by atoms with Gasteiger partial charge in [-0.05, 0) is 49.9 Å². The number of rotatable bonds is 8. The van der Waals surface area contributed by atoms with Gasteiger partial charge in [0.25, 0.3) is 5.91 Å². The second kappa shape index (κ2) is 10.2. The maximum absolute atomic E-state index is 12.6. The molecule has 2 aromatic carbocycles. The third-order valence-corrected chi connectivity index (χ3v) is 5.67. The first-order chi connectivity index (χ1) is 15.2. The van der Waals surface area contributed by atoms with Crippen molar-refractivity contribution in [3.8, 4) is 22.9 Å². The third kappa shape index (κ3) is 5.45. The summed E-state index contributed by atoms with van der Waals surface area (Å²) >= 11 is 0. The lowest BCUT2D eigenvalue weighted by Crippen LogP contribution is -2.41. The Kier molecular flexibility index (Phi) is 6.87. The van der Waals surface area contributed by atoms with Crippen LogP contribution in [0.2, 0.25) is 0 Å². The summed E-state index contributed by atoms with van der Waals surface area (Å²) in [6.07, 6.45) is 5.88. The zero-order valence-corrected chi connectivity index (χ0v) is 17.9. The van der Waals surface area contributed by atoms with Crippen molar-refractivity contribution in [2.24, 2.45) is 5.92 Å². The molecule has 0 spiro atoms. The van der Waals surface area contributed by atoms with E-state index >= 15 is 0 Å². The molecule has 0 unspecified atom stereocenters. The van der Waals surface area contributed by atoms with E-state index < -0.39 is 0 Å². The fourth-order valence-corrected chi connectivity index (χ4v) is 3.98. The fourth-order valence-electron chi connectivity index (χ4n) is 3.98. The molecule has 2 heterocycles. The lowest BCUT2D eigenvalue weighted by Gasteiger charge is -2.32. The highest BCUT2D eigenvalue weighted by Gasteiger charge is 2.24. The minimum Gasteiger partial charge on any atom is -0.494 e. The molecule has 6 heteroatoms. The normalized spacial score (nSPS) is 14.4. The largest absolute Gasteiger partial charge is 0.494 e. The van der Waals surface area contributed by atoms with Gasteiger partial charge in [-0.1, -0.05) is 30.3 Å². The summed E-state index contributed by atoms with van der Waals surface area (Å²) in [4.78, 5) is 19.0. The fraction of sp³-hybridized carbons (Fsp3) is 0.360. The zero-order chi connectivity index (χ0) is 21.5. The van der Waals surface area contributed by atoms with Crippen LogP contribution in [0.4, 0.5) is 0 Å². The van der Waals surface area contributed by atoms with Crippen LogP contribution < -0.4 is 9.47 Å². The van der Waals surface area contributed by atoms with Crippen LogP contribution in [0.1, 0.15) is 19.8 Å². The van der Waals surface area contributed by atoms with Crippen LogP contribution in [0.15, 0.2) is 67.0 Å². The van der Waals surface area contributed by atoms with Crippen molar-refractivity contribution in [1.29, 1.82) is 0 Å². The van der Waals surface area contributed by atoms with Crippen molar-refractivity contribution in [2.75, 3.05) is 26.3 Å². The van der Waals surface area contributed by atoms with E-state index in [0.717, 1.165) is 49.6 Å². The first-order valence-electron chi connectivity index (χ1n) is 10.9. The highest BCUT2D eigenvalue weighted by atomic mass is 16.5. The number of likely N-dealkylation sites (tertiary alicyclic amines) is 1. The van der Waals surface area contributed by atoms with Gasteiger partial charge in [-0.3, -0.25) is 4.79 Å². The molecule has 0 aliphatic carbocycles. The lowest BCUT2D eigenvalue weighted by molar-refractivity contribution is -0.134. The van der Waals surface area contributed by atoms with Crippen LogP contribution >= 0.6 is 0 Å². The van der Waals surface area contributed by atoms with Gasteiger partial charge >= 0.3 is 0 Å². The highest BCUT2D eigenvalue weighted by molar-refractivity contribution is 5.77. The second-order valence-electron chi connectivity index (χ2n) is 7.79. The number of aromatic nitrogens is 2. The Morgan fingerprint density at radius 1 is 1.00 bits per heavy atom. The summed E-state index contributed by atoms with van der Waals surface area (Å²) in [5.41, 5.74) is 1.13. The molecular weight excluding hydrogens is 390 g/mol. The van der Waals surface area contributed by atoms with E-state index in [4.69, 9.17) is 9.47 Å². The van der Waals surface area contributed by atoms with Crippen molar-refractivity contribution < 1.29 is 14.3 Å². The molecule has 0 saturated carbocycles. The van der Waals surface area contributed by atoms with E-state index in [1.165, 1.54) is 0 Å². The summed E-state index contributed by atoms with van der Waals surface area (Å²) in [5.74, 6) is 3.06. The monoisotopic (exact) mass is 419 g/mol. The van der Waals surface area contributed by atoms with Crippen LogP contribution in [-0.4, -0.2) is 46.7 Å². The minimum atomic E-state index is 0.0416. The van der Waals surface area contributed by atoms with E-state index in [2.05, 4.69) is 21.7 Å². The minimum absolute atomic E-state index is 0.0416. The molecule has 1 amide bonds. The maximum Gasteiger partial charge on any atom is 0.260 e. The molecule has 1 fully saturated rings. The van der Waals surface area contributed by atoms with Crippen LogP contribution in [0.3, 0.4) is 0 Å². The molecule has 6 nitrogen and oxygen atoms in total. The van der Waals surface area contributed by atoms with Gasteiger partial charge in [0.15, 0.2) is 6.61 Å². The first-order valence-corrected chi connectivity index (χ1v) is 10.9. The highest BCUT2D eigenvalue weighted by Crippen LogP contribution is 2.24. The first kappa shape index (κ1) is 21.0. The van der Waals surface area contributed by atoms with Crippen LogP contribution in [-0.2, 0) is 11.3 Å². The Balaban J connectivity index is 1.24. The Morgan fingerprint density at radius 2 is 1.68 bits per heavy atom. The predicted molar refractivity (Wildman–Crippen MR) is 120 cm³/mol. The van der Waals surface area contributed by atoms with Gasteiger partial charge < -0.3 is 18.9 Å². The smallest absolute Gasteiger partial charge is 0.260 e. The Labute approximate surface area is 183 Å². The van der Waals surface area contributed by atoms with Crippen LogP contribution in [0.25, 0.3) is 11.4 Å². The summed E-state index contributed by atoms with van der Waals surface area (Å²) in [6, 6.07) is 17.6. The van der Waals surface area contributed by atoms with Crippen LogP contribution in [0.5, 0.6) is 11.5 Å². The third-order valence-electron chi connectivity index (χ3n) is 5.67. The molecule has 0 bridgehead atoms. The van der Waals surface area contributed by atoms with Crippen molar-refractivity contribution in [3.05, 3.63) is 67.0 Å². The number of benzene rings is 2. The second-order valence-corrected chi connectivity index (χ2v) is 7.79. The van der Waals surface area contributed by atoms with Gasteiger partial charge in [0.1, 0.15) is 17.3 Å². The molecule has 4 rings (SSSR count). The zero-order valence-electron chi connectivity index (χ0n) is 17.9. The van der Waals surface area contributed by atoms with Crippen molar-refractivity contribution in [2.45, 2.75) is 26.3 Å². The topological polar surface area (TPSA) is 56.6 Å². The van der Waals surface area contributed by atoms with Gasteiger partial charge in [-0.2, -0.15) is 0 Å². The molecular formula is C25H29N3O3. The molecule has 1 aromatic heterocycles. The molecule has 1 aliphatic heterocycles. The van der Waals surface area contributed by atoms with E-state index in [1.807, 2.05) is 66.7 Å². The number of piperidine rings is 1. The number of carbonyl (C=O) groups is 1. The Hall–Kier alpha value is -3.28. The SMILES string of the molecule is CCOc1ccc(OCC(=O)N2CCC(Cn3ccnc3-c3ccccc3)CC2)cc1. The molecule has 3 aromatic rings. The molecule has 1 saturated heterocycles. The standard InChI is InChI=1S/C25H29N3O3/c1-2-30-22-8-10-23(11-9-22)31-19-24(29)27-15-12-20(13-16-27)18-28-17-14-26-25(28)21-6-4-3-5-7-21/h3-11,14,17,20H,2,12-13,15-16,18-19H2,1H3. The summed E-state index contributed by atoms with van der Waals surface area (Å²) in [6.45, 7) is 5.11. The summed E-state index contributed by atoms with van der Waals surface area (Å²) < 4.78 is 13.3. The molecule has 0 N–H and O–H groups in total. The number of hydrogen-bond donors (Lipinski definition) is 0. The van der Waals surface area contributed by atoms with E-state index in [9.17, 15) is 4.79 Å².